The molecule has 1 N–H and O–H groups in total. The monoisotopic (exact) mass is 393 g/mol. The van der Waals surface area contributed by atoms with E-state index in [1.165, 1.54) is 0 Å². The molecule has 0 radical (unpaired) electrons. The molecule has 0 saturated carbocycles. The van der Waals surface area contributed by atoms with Gasteiger partial charge in [0.1, 0.15) is 0 Å². The third kappa shape index (κ3) is 2.78. The van der Waals surface area contributed by atoms with Crippen LogP contribution in [0.3, 0.4) is 0 Å². The number of nitrogens with one attached hydrogen (secondary N) is 1. The normalized spacial score (nSPS) is 12.5. The van der Waals surface area contributed by atoms with Crippen molar-refractivity contribution < 1.29 is 18.8 Å². The molecule has 8 heteroatoms. The minimum absolute atomic E-state index is 0.182. The number of thiophene rings is 1. The van der Waals surface area contributed by atoms with Crippen molar-refractivity contribution in [2.75, 3.05) is 12.1 Å². The molecule has 28 heavy (non-hydrogen) atoms. The average Bonchev–Trinajstić information content (AvgIpc) is 3.41. The second kappa shape index (κ2) is 6.35. The van der Waals surface area contributed by atoms with Crippen LogP contribution in [-0.2, 0) is 0 Å². The fourth-order valence-corrected chi connectivity index (χ4v) is 3.97. The van der Waals surface area contributed by atoms with Crippen LogP contribution in [0.5, 0.6) is 11.5 Å². The molecule has 0 saturated heterocycles. The lowest BCUT2D eigenvalue weighted by molar-refractivity contribution is 0.102. The number of rotatable bonds is 3. The minimum Gasteiger partial charge on any atom is -0.454 e. The maximum absolute atomic E-state index is 13.1. The van der Waals surface area contributed by atoms with Crippen molar-refractivity contribution in [1.29, 1.82) is 0 Å². The first-order valence-corrected chi connectivity index (χ1v) is 9.45. The Morgan fingerprint density at radius 3 is 2.79 bits per heavy atom. The van der Waals surface area contributed by atoms with Crippen molar-refractivity contribution in [3.63, 3.8) is 0 Å². The van der Waals surface area contributed by atoms with Crippen LogP contribution >= 0.6 is 11.3 Å². The zero-order valence-corrected chi connectivity index (χ0v) is 15.9. The number of carbonyl (C=O) groups is 1. The molecule has 7 nitrogen and oxygen atoms in total. The molecule has 1 aromatic carbocycles. The molecule has 5 rings (SSSR count). The number of fused-ring (bicyclic) bond motifs is 2. The number of anilines is 1. The summed E-state index contributed by atoms with van der Waals surface area (Å²) in [6.07, 6.45) is 0. The molecule has 4 heterocycles. The number of aryl methyl sites for hydroxylation is 2. The maximum atomic E-state index is 13.1. The lowest BCUT2D eigenvalue weighted by atomic mass is 10.1. The molecule has 0 aliphatic carbocycles. The van der Waals surface area contributed by atoms with Crippen LogP contribution in [-0.4, -0.2) is 22.8 Å². The molecule has 0 atom stereocenters. The van der Waals surface area contributed by atoms with E-state index < -0.39 is 0 Å². The molecular weight excluding hydrogens is 378 g/mol. The summed E-state index contributed by atoms with van der Waals surface area (Å²) in [5, 5.41) is 7.50. The first-order valence-electron chi connectivity index (χ1n) is 8.63. The van der Waals surface area contributed by atoms with Gasteiger partial charge < -0.3 is 19.3 Å². The van der Waals surface area contributed by atoms with Crippen molar-refractivity contribution in [3.05, 3.63) is 52.5 Å². The predicted molar refractivity (Wildman–Crippen MR) is 105 cm³/mol. The van der Waals surface area contributed by atoms with Crippen LogP contribution in [0.1, 0.15) is 20.9 Å². The van der Waals surface area contributed by atoms with E-state index in [1.807, 2.05) is 19.1 Å². The summed E-state index contributed by atoms with van der Waals surface area (Å²) in [6.45, 7) is 4.00. The molecule has 0 unspecified atom stereocenters. The summed E-state index contributed by atoms with van der Waals surface area (Å²) in [5.41, 5.74) is 2.71. The largest absolute Gasteiger partial charge is 0.454 e. The van der Waals surface area contributed by atoms with Gasteiger partial charge in [0.2, 0.25) is 6.79 Å². The second-order valence-electron chi connectivity index (χ2n) is 6.44. The Morgan fingerprint density at radius 2 is 1.96 bits per heavy atom. The number of aromatic nitrogens is 2. The Morgan fingerprint density at radius 1 is 1.11 bits per heavy atom. The Labute approximate surface area is 163 Å². The van der Waals surface area contributed by atoms with Gasteiger partial charge in [-0.25, -0.2) is 4.98 Å². The fourth-order valence-electron chi connectivity index (χ4n) is 3.14. The summed E-state index contributed by atoms with van der Waals surface area (Å²) >= 11 is 1.61. The zero-order chi connectivity index (χ0) is 19.3. The lowest BCUT2D eigenvalue weighted by Gasteiger charge is -2.08. The summed E-state index contributed by atoms with van der Waals surface area (Å²) in [4.78, 5) is 19.8. The highest BCUT2D eigenvalue weighted by Gasteiger charge is 2.21. The second-order valence-corrected chi connectivity index (χ2v) is 7.72. The van der Waals surface area contributed by atoms with Gasteiger partial charge in [-0.05, 0) is 44.2 Å². The molecule has 4 aromatic rings. The van der Waals surface area contributed by atoms with Crippen molar-refractivity contribution >= 4 is 34.0 Å². The first kappa shape index (κ1) is 16.8. The lowest BCUT2D eigenvalue weighted by Crippen LogP contribution is -2.13. The third-order valence-electron chi connectivity index (χ3n) is 4.48. The van der Waals surface area contributed by atoms with Crippen LogP contribution in [0, 0.1) is 13.8 Å². The quantitative estimate of drug-likeness (QED) is 0.550. The molecule has 0 spiro atoms. The standard InChI is InChI=1S/C20H15N3O4S/c1-10-3-6-17(28-10)14-8-13(18-11(2)23-27-20(18)22-14)19(24)21-12-4-5-15-16(7-12)26-9-25-15/h3-8H,9H2,1-2H3,(H,21,24). The van der Waals surface area contributed by atoms with Gasteiger partial charge in [0.25, 0.3) is 11.6 Å². The summed E-state index contributed by atoms with van der Waals surface area (Å²) in [7, 11) is 0. The van der Waals surface area contributed by atoms with E-state index in [0.717, 1.165) is 9.75 Å². The van der Waals surface area contributed by atoms with Gasteiger partial charge in [0.15, 0.2) is 11.5 Å². The van der Waals surface area contributed by atoms with Crippen molar-refractivity contribution in [1.82, 2.24) is 10.1 Å². The van der Waals surface area contributed by atoms with Crippen LogP contribution in [0.15, 0.2) is 40.9 Å². The third-order valence-corrected chi connectivity index (χ3v) is 5.51. The number of nitrogens with zero attached hydrogens (tertiary/aromatic N) is 2. The number of benzene rings is 1. The number of hydrogen-bond donors (Lipinski definition) is 1. The van der Waals surface area contributed by atoms with E-state index >= 15 is 0 Å². The van der Waals surface area contributed by atoms with E-state index in [2.05, 4.69) is 15.5 Å². The van der Waals surface area contributed by atoms with Crippen LogP contribution in [0.4, 0.5) is 5.69 Å². The van der Waals surface area contributed by atoms with Gasteiger partial charge in [-0.15, -0.1) is 11.3 Å². The molecule has 1 amide bonds. The smallest absolute Gasteiger partial charge is 0.259 e. The Bertz CT molecular complexity index is 1230. The zero-order valence-electron chi connectivity index (χ0n) is 15.1. The number of pyridine rings is 1. The molecule has 1 aliphatic heterocycles. The fraction of sp³-hybridized carbons (Fsp3) is 0.150. The molecule has 1 aliphatic rings. The maximum Gasteiger partial charge on any atom is 0.259 e. The first-order chi connectivity index (χ1) is 13.6. The van der Waals surface area contributed by atoms with Gasteiger partial charge in [-0.2, -0.15) is 0 Å². The van der Waals surface area contributed by atoms with Gasteiger partial charge in [0.05, 0.1) is 27.2 Å². The van der Waals surface area contributed by atoms with Crippen molar-refractivity contribution in [2.45, 2.75) is 13.8 Å². The average molecular weight is 393 g/mol. The van der Waals surface area contributed by atoms with Crippen LogP contribution in [0.25, 0.3) is 21.7 Å². The molecule has 3 aromatic heterocycles. The van der Waals surface area contributed by atoms with Crippen LogP contribution < -0.4 is 14.8 Å². The highest BCUT2D eigenvalue weighted by molar-refractivity contribution is 7.15. The summed E-state index contributed by atoms with van der Waals surface area (Å²) < 4.78 is 16.0. The van der Waals surface area contributed by atoms with Crippen molar-refractivity contribution in [2.24, 2.45) is 0 Å². The Kier molecular flexibility index (Phi) is 3.80. The number of hydrogen-bond acceptors (Lipinski definition) is 7. The van der Waals surface area contributed by atoms with Gasteiger partial charge in [0, 0.05) is 16.6 Å². The van der Waals surface area contributed by atoms with Crippen molar-refractivity contribution in [3.8, 4) is 22.1 Å². The summed E-state index contributed by atoms with van der Waals surface area (Å²) in [6, 6.07) is 11.1. The SMILES string of the molecule is Cc1ccc(-c2cc(C(=O)Nc3ccc4c(c3)OCO4)c3c(C)noc3n2)s1. The topological polar surface area (TPSA) is 86.5 Å². The molecule has 0 fully saturated rings. The number of amides is 1. The summed E-state index contributed by atoms with van der Waals surface area (Å²) in [5.74, 6) is 0.996. The van der Waals surface area contributed by atoms with E-state index in [1.54, 1.807) is 42.5 Å². The van der Waals surface area contributed by atoms with Crippen LogP contribution in [0.2, 0.25) is 0 Å². The van der Waals surface area contributed by atoms with Gasteiger partial charge >= 0.3 is 0 Å². The van der Waals surface area contributed by atoms with E-state index in [4.69, 9.17) is 14.0 Å². The highest BCUT2D eigenvalue weighted by atomic mass is 32.1. The Balaban J connectivity index is 1.56. The molecular formula is C20H15N3O4S. The minimum atomic E-state index is -0.271. The highest BCUT2D eigenvalue weighted by Crippen LogP contribution is 2.35. The predicted octanol–water partition coefficient (Wildman–Crippen LogP) is 4.55. The van der Waals surface area contributed by atoms with E-state index in [0.29, 0.717) is 45.2 Å². The molecule has 0 bridgehead atoms. The molecule has 140 valence electrons. The number of carbonyl (C=O) groups excluding carboxylic acids is 1. The van der Waals surface area contributed by atoms with Gasteiger partial charge in [-0.1, -0.05) is 5.16 Å². The Hall–Kier alpha value is -3.39. The van der Waals surface area contributed by atoms with E-state index in [-0.39, 0.29) is 12.7 Å². The van der Waals surface area contributed by atoms with E-state index in [9.17, 15) is 4.79 Å². The van der Waals surface area contributed by atoms with Gasteiger partial charge in [-0.3, -0.25) is 4.79 Å². The number of ether oxygens (including phenoxy) is 2.